The van der Waals surface area contributed by atoms with Crippen LogP contribution in [0.2, 0.25) is 5.02 Å². The molecule has 0 spiro atoms. The number of nitrogens with two attached hydrogens (primary N) is 1. The Morgan fingerprint density at radius 1 is 1.00 bits per heavy atom. The van der Waals surface area contributed by atoms with E-state index in [1.807, 2.05) is 12.1 Å². The standard InChI is InChI=1S/C18H20ClNO3/c1-13(2)11-20-12-14-3-7-16(8-4-14)22-18(21)23-17-9-5-15(19)6-10-17/h3-10,13,20H,11-12H2,1-2H3/p+1. The van der Waals surface area contributed by atoms with Gasteiger partial charge in [0.05, 0.1) is 6.54 Å². The first-order chi connectivity index (χ1) is 11.0. The van der Waals surface area contributed by atoms with Crippen molar-refractivity contribution in [2.75, 3.05) is 6.54 Å². The Morgan fingerprint density at radius 3 is 2.04 bits per heavy atom. The van der Waals surface area contributed by atoms with Crippen molar-refractivity contribution in [2.45, 2.75) is 20.4 Å². The Hall–Kier alpha value is -2.04. The van der Waals surface area contributed by atoms with E-state index in [4.69, 9.17) is 21.1 Å². The monoisotopic (exact) mass is 334 g/mol. The van der Waals surface area contributed by atoms with Crippen molar-refractivity contribution in [2.24, 2.45) is 5.92 Å². The number of halogens is 1. The van der Waals surface area contributed by atoms with E-state index in [0.29, 0.717) is 22.4 Å². The zero-order valence-electron chi connectivity index (χ0n) is 13.3. The highest BCUT2D eigenvalue weighted by atomic mass is 35.5. The van der Waals surface area contributed by atoms with Crippen LogP contribution in [0.3, 0.4) is 0 Å². The highest BCUT2D eigenvalue weighted by molar-refractivity contribution is 6.30. The Bertz CT molecular complexity index is 624. The Balaban J connectivity index is 1.82. The van der Waals surface area contributed by atoms with Crippen molar-refractivity contribution >= 4 is 17.8 Å². The van der Waals surface area contributed by atoms with Crippen LogP contribution in [-0.4, -0.2) is 12.7 Å². The van der Waals surface area contributed by atoms with Crippen LogP contribution in [0.1, 0.15) is 19.4 Å². The van der Waals surface area contributed by atoms with E-state index >= 15 is 0 Å². The van der Waals surface area contributed by atoms with E-state index in [0.717, 1.165) is 13.1 Å². The van der Waals surface area contributed by atoms with E-state index in [1.165, 1.54) is 5.56 Å². The third-order valence-corrected chi connectivity index (χ3v) is 3.41. The zero-order valence-corrected chi connectivity index (χ0v) is 14.0. The Labute approximate surface area is 141 Å². The van der Waals surface area contributed by atoms with Crippen molar-refractivity contribution in [3.63, 3.8) is 0 Å². The van der Waals surface area contributed by atoms with Gasteiger partial charge >= 0.3 is 6.16 Å². The van der Waals surface area contributed by atoms with Crippen LogP contribution in [0.25, 0.3) is 0 Å². The molecule has 0 aliphatic rings. The Kier molecular flexibility index (Phi) is 6.44. The number of hydrogen-bond acceptors (Lipinski definition) is 3. The minimum Gasteiger partial charge on any atom is -0.395 e. The molecule has 2 N–H and O–H groups in total. The van der Waals surface area contributed by atoms with E-state index in [1.54, 1.807) is 36.4 Å². The summed E-state index contributed by atoms with van der Waals surface area (Å²) >= 11 is 5.77. The average molecular weight is 335 g/mol. The molecule has 0 aliphatic carbocycles. The van der Waals surface area contributed by atoms with Crippen molar-refractivity contribution in [3.05, 3.63) is 59.1 Å². The second-order valence-corrected chi connectivity index (χ2v) is 6.11. The second-order valence-electron chi connectivity index (χ2n) is 5.67. The quantitative estimate of drug-likeness (QED) is 0.648. The van der Waals surface area contributed by atoms with Gasteiger partial charge in [0, 0.05) is 16.5 Å². The number of rotatable bonds is 6. The normalized spacial score (nSPS) is 10.6. The van der Waals surface area contributed by atoms with E-state index in [-0.39, 0.29) is 0 Å². The molecule has 0 atom stereocenters. The molecule has 5 heteroatoms. The van der Waals surface area contributed by atoms with Crippen LogP contribution >= 0.6 is 11.6 Å². The van der Waals surface area contributed by atoms with Gasteiger partial charge in [0.25, 0.3) is 0 Å². The van der Waals surface area contributed by atoms with Gasteiger partial charge in [0.2, 0.25) is 0 Å². The highest BCUT2D eigenvalue weighted by Gasteiger charge is 2.08. The maximum absolute atomic E-state index is 11.7. The molecule has 0 fully saturated rings. The largest absolute Gasteiger partial charge is 0.519 e. The minimum atomic E-state index is -0.772. The molecule has 2 rings (SSSR count). The summed E-state index contributed by atoms with van der Waals surface area (Å²) in [5, 5.41) is 2.84. The molecule has 0 saturated heterocycles. The molecule has 0 amide bonds. The van der Waals surface area contributed by atoms with Crippen molar-refractivity contribution in [3.8, 4) is 11.5 Å². The molecule has 0 aliphatic heterocycles. The topological polar surface area (TPSA) is 52.1 Å². The molecule has 2 aromatic rings. The zero-order chi connectivity index (χ0) is 16.7. The fourth-order valence-corrected chi connectivity index (χ4v) is 2.12. The number of carbonyl (C=O) groups is 1. The molecule has 0 saturated carbocycles. The van der Waals surface area contributed by atoms with Crippen molar-refractivity contribution in [1.82, 2.24) is 0 Å². The maximum atomic E-state index is 11.7. The van der Waals surface area contributed by atoms with Crippen molar-refractivity contribution < 1.29 is 19.6 Å². The molecule has 0 unspecified atom stereocenters. The SMILES string of the molecule is CC(C)C[NH2+]Cc1ccc(OC(=O)Oc2ccc(Cl)cc2)cc1. The summed E-state index contributed by atoms with van der Waals surface area (Å²) in [4.78, 5) is 11.7. The molecular formula is C18H21ClNO3+. The van der Waals surface area contributed by atoms with Crippen LogP contribution in [0.4, 0.5) is 4.79 Å². The average Bonchev–Trinajstić information content (AvgIpc) is 2.51. The molecule has 0 bridgehead atoms. The summed E-state index contributed by atoms with van der Waals surface area (Å²) < 4.78 is 10.2. The van der Waals surface area contributed by atoms with E-state index < -0.39 is 6.16 Å². The van der Waals surface area contributed by atoms with E-state index in [9.17, 15) is 4.79 Å². The third kappa shape index (κ3) is 6.30. The summed E-state index contributed by atoms with van der Waals surface area (Å²) in [6.45, 7) is 6.39. The summed E-state index contributed by atoms with van der Waals surface area (Å²) in [6.07, 6.45) is -0.772. The van der Waals surface area contributed by atoms with Crippen LogP contribution in [0.15, 0.2) is 48.5 Å². The van der Waals surface area contributed by atoms with Crippen LogP contribution < -0.4 is 14.8 Å². The van der Waals surface area contributed by atoms with Gasteiger partial charge < -0.3 is 14.8 Å². The van der Waals surface area contributed by atoms with Crippen molar-refractivity contribution in [1.29, 1.82) is 0 Å². The molecule has 0 radical (unpaired) electrons. The first-order valence-corrected chi connectivity index (χ1v) is 7.96. The number of quaternary nitrogens is 1. The third-order valence-electron chi connectivity index (χ3n) is 3.16. The predicted molar refractivity (Wildman–Crippen MR) is 89.9 cm³/mol. The van der Waals surface area contributed by atoms with Crippen LogP contribution in [0, 0.1) is 5.92 Å². The summed E-state index contributed by atoms with van der Waals surface area (Å²) in [5.74, 6) is 1.51. The van der Waals surface area contributed by atoms with Gasteiger partial charge in [-0.2, -0.15) is 0 Å². The van der Waals surface area contributed by atoms with Gasteiger partial charge in [-0.25, -0.2) is 4.79 Å². The van der Waals surface area contributed by atoms with Gasteiger partial charge in [-0.15, -0.1) is 0 Å². The molecule has 0 aromatic heterocycles. The molecule has 122 valence electrons. The molecule has 2 aromatic carbocycles. The molecular weight excluding hydrogens is 314 g/mol. The maximum Gasteiger partial charge on any atom is 0.519 e. The van der Waals surface area contributed by atoms with Crippen LogP contribution in [-0.2, 0) is 6.54 Å². The Morgan fingerprint density at radius 2 is 1.52 bits per heavy atom. The lowest BCUT2D eigenvalue weighted by atomic mass is 10.2. The van der Waals surface area contributed by atoms with Gasteiger partial charge in [0.15, 0.2) is 0 Å². The highest BCUT2D eigenvalue weighted by Crippen LogP contribution is 2.17. The van der Waals surface area contributed by atoms with Gasteiger partial charge in [-0.1, -0.05) is 25.4 Å². The molecule has 4 nitrogen and oxygen atoms in total. The lowest BCUT2D eigenvalue weighted by Gasteiger charge is -2.07. The smallest absolute Gasteiger partial charge is 0.395 e. The minimum absolute atomic E-state index is 0.388. The van der Waals surface area contributed by atoms with Gasteiger partial charge in [-0.05, 0) is 48.5 Å². The summed E-state index contributed by atoms with van der Waals surface area (Å²) in [6, 6.07) is 13.9. The summed E-state index contributed by atoms with van der Waals surface area (Å²) in [5.41, 5.74) is 1.18. The second kappa shape index (κ2) is 8.56. The lowest BCUT2D eigenvalue weighted by Crippen LogP contribution is -2.83. The molecule has 0 heterocycles. The van der Waals surface area contributed by atoms with Gasteiger partial charge in [-0.3, -0.25) is 0 Å². The fraction of sp³-hybridized carbons (Fsp3) is 0.278. The number of ether oxygens (including phenoxy) is 2. The first kappa shape index (κ1) is 17.3. The predicted octanol–water partition coefficient (Wildman–Crippen LogP) is 3.64. The lowest BCUT2D eigenvalue weighted by molar-refractivity contribution is -0.675. The number of benzene rings is 2. The molecule has 23 heavy (non-hydrogen) atoms. The number of carbonyl (C=O) groups excluding carboxylic acids is 1. The van der Waals surface area contributed by atoms with Crippen LogP contribution in [0.5, 0.6) is 11.5 Å². The summed E-state index contributed by atoms with van der Waals surface area (Å²) in [7, 11) is 0. The van der Waals surface area contributed by atoms with Gasteiger partial charge in [0.1, 0.15) is 18.0 Å². The number of hydrogen-bond donors (Lipinski definition) is 1. The first-order valence-electron chi connectivity index (χ1n) is 7.59. The van der Waals surface area contributed by atoms with E-state index in [2.05, 4.69) is 19.2 Å². The fourth-order valence-electron chi connectivity index (χ4n) is 1.99.